The predicted octanol–water partition coefficient (Wildman–Crippen LogP) is 1.51. The second kappa shape index (κ2) is 4.87. The predicted molar refractivity (Wildman–Crippen MR) is 69.0 cm³/mol. The molecule has 1 aliphatic heterocycles. The molecule has 3 heteroatoms. The van der Waals surface area contributed by atoms with E-state index in [1.807, 2.05) is 0 Å². The fraction of sp³-hybridized carbons (Fsp3) is 1.00. The Morgan fingerprint density at radius 1 is 1.06 bits per heavy atom. The first-order chi connectivity index (χ1) is 8.25. The van der Waals surface area contributed by atoms with Crippen LogP contribution < -0.4 is 5.32 Å². The standard InChI is InChI=1S/C14H26N2O/c17-14(7-1-2-8-14)11-15-12-5-9-16(10-6-12)13-3-4-13/h12-13,15,17H,1-11H2. The summed E-state index contributed by atoms with van der Waals surface area (Å²) in [5, 5.41) is 13.9. The first kappa shape index (κ1) is 11.9. The zero-order valence-electron chi connectivity index (χ0n) is 10.8. The van der Waals surface area contributed by atoms with Gasteiger partial charge < -0.3 is 15.3 Å². The van der Waals surface area contributed by atoms with Crippen molar-refractivity contribution in [3.05, 3.63) is 0 Å². The summed E-state index contributed by atoms with van der Waals surface area (Å²) in [5.41, 5.74) is -0.381. The Morgan fingerprint density at radius 2 is 1.71 bits per heavy atom. The van der Waals surface area contributed by atoms with Gasteiger partial charge in [-0.05, 0) is 51.6 Å². The third kappa shape index (κ3) is 3.01. The first-order valence-electron chi connectivity index (χ1n) is 7.45. The maximum atomic E-state index is 10.3. The smallest absolute Gasteiger partial charge is 0.0771 e. The lowest BCUT2D eigenvalue weighted by Crippen LogP contribution is -2.48. The number of likely N-dealkylation sites (tertiary alicyclic amines) is 1. The molecule has 1 heterocycles. The summed E-state index contributed by atoms with van der Waals surface area (Å²) in [7, 11) is 0. The molecule has 0 atom stereocenters. The number of nitrogens with zero attached hydrogens (tertiary/aromatic N) is 1. The molecule has 0 radical (unpaired) electrons. The minimum absolute atomic E-state index is 0.381. The van der Waals surface area contributed by atoms with E-state index in [-0.39, 0.29) is 5.60 Å². The lowest BCUT2D eigenvalue weighted by molar-refractivity contribution is 0.0414. The zero-order valence-corrected chi connectivity index (χ0v) is 10.8. The Bertz CT molecular complexity index is 251. The van der Waals surface area contributed by atoms with Gasteiger partial charge in [0, 0.05) is 18.6 Å². The summed E-state index contributed by atoms with van der Waals surface area (Å²) in [6.45, 7) is 3.35. The number of piperidine rings is 1. The van der Waals surface area contributed by atoms with E-state index in [9.17, 15) is 5.11 Å². The van der Waals surface area contributed by atoms with E-state index in [2.05, 4.69) is 10.2 Å². The van der Waals surface area contributed by atoms with E-state index in [0.29, 0.717) is 6.04 Å². The first-order valence-corrected chi connectivity index (χ1v) is 7.45. The average Bonchev–Trinajstić information content (AvgIpc) is 3.11. The van der Waals surface area contributed by atoms with Gasteiger partial charge in [0.25, 0.3) is 0 Å². The molecule has 2 N–H and O–H groups in total. The van der Waals surface area contributed by atoms with E-state index in [4.69, 9.17) is 0 Å². The molecule has 0 spiro atoms. The summed E-state index contributed by atoms with van der Waals surface area (Å²) in [6.07, 6.45) is 9.81. The number of hydrogen-bond donors (Lipinski definition) is 2. The molecular formula is C14H26N2O. The third-order valence-electron chi connectivity index (χ3n) is 4.85. The summed E-state index contributed by atoms with van der Waals surface area (Å²) in [4.78, 5) is 2.66. The summed E-state index contributed by atoms with van der Waals surface area (Å²) < 4.78 is 0. The normalized spacial score (nSPS) is 30.9. The van der Waals surface area contributed by atoms with Gasteiger partial charge >= 0.3 is 0 Å². The van der Waals surface area contributed by atoms with Crippen molar-refractivity contribution in [2.45, 2.75) is 69.1 Å². The van der Waals surface area contributed by atoms with Crippen LogP contribution in [0, 0.1) is 0 Å². The number of rotatable bonds is 4. The van der Waals surface area contributed by atoms with Crippen LogP contribution in [-0.2, 0) is 0 Å². The molecule has 98 valence electrons. The number of aliphatic hydroxyl groups is 1. The minimum atomic E-state index is -0.381. The second-order valence-electron chi connectivity index (χ2n) is 6.35. The molecule has 3 nitrogen and oxygen atoms in total. The van der Waals surface area contributed by atoms with Crippen LogP contribution in [0.1, 0.15) is 51.4 Å². The Kier molecular flexibility index (Phi) is 3.42. The van der Waals surface area contributed by atoms with Crippen molar-refractivity contribution in [2.75, 3.05) is 19.6 Å². The van der Waals surface area contributed by atoms with Gasteiger partial charge in [0.15, 0.2) is 0 Å². The Balaban J connectivity index is 1.38. The minimum Gasteiger partial charge on any atom is -0.389 e. The maximum Gasteiger partial charge on any atom is 0.0771 e. The van der Waals surface area contributed by atoms with Gasteiger partial charge in [-0.15, -0.1) is 0 Å². The molecule has 0 aromatic heterocycles. The van der Waals surface area contributed by atoms with Crippen LogP contribution in [0.2, 0.25) is 0 Å². The average molecular weight is 238 g/mol. The summed E-state index contributed by atoms with van der Waals surface area (Å²) >= 11 is 0. The van der Waals surface area contributed by atoms with Crippen LogP contribution in [0.5, 0.6) is 0 Å². The van der Waals surface area contributed by atoms with Gasteiger partial charge in [-0.25, -0.2) is 0 Å². The van der Waals surface area contributed by atoms with Crippen molar-refractivity contribution in [2.24, 2.45) is 0 Å². The highest BCUT2D eigenvalue weighted by Crippen LogP contribution is 2.31. The topological polar surface area (TPSA) is 35.5 Å². The zero-order chi connectivity index (χ0) is 11.7. The highest BCUT2D eigenvalue weighted by atomic mass is 16.3. The molecule has 3 rings (SSSR count). The van der Waals surface area contributed by atoms with Crippen LogP contribution >= 0.6 is 0 Å². The van der Waals surface area contributed by atoms with Crippen molar-refractivity contribution in [1.82, 2.24) is 10.2 Å². The van der Waals surface area contributed by atoms with Crippen LogP contribution in [0.4, 0.5) is 0 Å². The molecule has 0 aromatic rings. The highest BCUT2D eigenvalue weighted by molar-refractivity contribution is 4.91. The fourth-order valence-corrected chi connectivity index (χ4v) is 3.45. The fourth-order valence-electron chi connectivity index (χ4n) is 3.45. The van der Waals surface area contributed by atoms with Crippen molar-refractivity contribution in [3.63, 3.8) is 0 Å². The second-order valence-corrected chi connectivity index (χ2v) is 6.35. The van der Waals surface area contributed by atoms with E-state index < -0.39 is 0 Å². The highest BCUT2D eigenvalue weighted by Gasteiger charge is 2.34. The van der Waals surface area contributed by atoms with E-state index >= 15 is 0 Å². The largest absolute Gasteiger partial charge is 0.389 e. The molecule has 2 aliphatic carbocycles. The molecule has 0 aromatic carbocycles. The van der Waals surface area contributed by atoms with Crippen molar-refractivity contribution in [3.8, 4) is 0 Å². The lowest BCUT2D eigenvalue weighted by atomic mass is 10.00. The lowest BCUT2D eigenvalue weighted by Gasteiger charge is -2.34. The molecule has 3 fully saturated rings. The van der Waals surface area contributed by atoms with E-state index in [0.717, 1.165) is 25.4 Å². The molecule has 1 saturated heterocycles. The molecule has 0 amide bonds. The monoisotopic (exact) mass is 238 g/mol. The molecular weight excluding hydrogens is 212 g/mol. The van der Waals surface area contributed by atoms with E-state index in [1.165, 1.54) is 51.6 Å². The quantitative estimate of drug-likeness (QED) is 0.779. The van der Waals surface area contributed by atoms with Crippen molar-refractivity contribution in [1.29, 1.82) is 0 Å². The number of nitrogens with one attached hydrogen (secondary N) is 1. The van der Waals surface area contributed by atoms with Crippen LogP contribution in [0.15, 0.2) is 0 Å². The summed E-state index contributed by atoms with van der Waals surface area (Å²) in [5.74, 6) is 0. The Labute approximate surface area is 105 Å². The molecule has 0 unspecified atom stereocenters. The van der Waals surface area contributed by atoms with Gasteiger partial charge in [-0.2, -0.15) is 0 Å². The third-order valence-corrected chi connectivity index (χ3v) is 4.85. The number of hydrogen-bond acceptors (Lipinski definition) is 3. The van der Waals surface area contributed by atoms with Crippen LogP contribution in [-0.4, -0.2) is 47.3 Å². The van der Waals surface area contributed by atoms with Crippen molar-refractivity contribution < 1.29 is 5.11 Å². The Hall–Kier alpha value is -0.120. The Morgan fingerprint density at radius 3 is 2.29 bits per heavy atom. The van der Waals surface area contributed by atoms with Gasteiger partial charge in [-0.3, -0.25) is 0 Å². The van der Waals surface area contributed by atoms with Crippen molar-refractivity contribution >= 4 is 0 Å². The molecule has 0 bridgehead atoms. The van der Waals surface area contributed by atoms with Gasteiger partial charge in [0.1, 0.15) is 0 Å². The van der Waals surface area contributed by atoms with Gasteiger partial charge in [0.05, 0.1) is 5.60 Å². The van der Waals surface area contributed by atoms with Crippen LogP contribution in [0.25, 0.3) is 0 Å². The molecule has 3 aliphatic rings. The molecule has 2 saturated carbocycles. The molecule has 17 heavy (non-hydrogen) atoms. The van der Waals surface area contributed by atoms with Crippen LogP contribution in [0.3, 0.4) is 0 Å². The van der Waals surface area contributed by atoms with Gasteiger partial charge in [-0.1, -0.05) is 12.8 Å². The summed E-state index contributed by atoms with van der Waals surface area (Å²) in [6, 6.07) is 1.57. The van der Waals surface area contributed by atoms with E-state index in [1.54, 1.807) is 0 Å². The SMILES string of the molecule is OC1(CNC2CCN(C3CC3)CC2)CCCC1. The van der Waals surface area contributed by atoms with Gasteiger partial charge in [0.2, 0.25) is 0 Å². The maximum absolute atomic E-state index is 10.3.